The molecule has 0 spiro atoms. The standard InChI is InChI=1S/C19H29N3O6S2/c1-14-11-21(12-15(2)28-14)30(26,27)18-7-5-16(6-8-18)19(23)22(20(3)4)17-9-10-29(24,25)13-17/h5-8,14-15,17H,9-13H2,1-4H3. The molecule has 2 saturated heterocycles. The van der Waals surface area contributed by atoms with Gasteiger partial charge in [-0.3, -0.25) is 9.80 Å². The van der Waals surface area contributed by atoms with Crippen LogP contribution in [0.3, 0.4) is 0 Å². The molecule has 3 unspecified atom stereocenters. The minimum absolute atomic E-state index is 0.0584. The molecule has 0 saturated carbocycles. The number of carbonyl (C=O) groups is 1. The molecular weight excluding hydrogens is 430 g/mol. The van der Waals surface area contributed by atoms with Crippen LogP contribution in [0.25, 0.3) is 0 Å². The number of morpholine rings is 1. The summed E-state index contributed by atoms with van der Waals surface area (Å²) < 4.78 is 56.7. The van der Waals surface area contributed by atoms with Crippen LogP contribution >= 0.6 is 0 Å². The monoisotopic (exact) mass is 459 g/mol. The molecule has 11 heteroatoms. The molecule has 3 rings (SSSR count). The predicted molar refractivity (Wildman–Crippen MR) is 112 cm³/mol. The summed E-state index contributed by atoms with van der Waals surface area (Å²) in [5.74, 6) is -0.376. The number of ether oxygens (including phenoxy) is 1. The maximum absolute atomic E-state index is 13.0. The van der Waals surface area contributed by atoms with Gasteiger partial charge in [-0.25, -0.2) is 21.8 Å². The average Bonchev–Trinajstić information content (AvgIpc) is 3.00. The number of rotatable bonds is 5. The topological polar surface area (TPSA) is 104 Å². The first-order valence-electron chi connectivity index (χ1n) is 9.87. The molecule has 1 aromatic rings. The van der Waals surface area contributed by atoms with Crippen molar-refractivity contribution in [3.8, 4) is 0 Å². The first-order chi connectivity index (χ1) is 13.9. The van der Waals surface area contributed by atoms with Crippen LogP contribution in [0.1, 0.15) is 30.6 Å². The van der Waals surface area contributed by atoms with Crippen molar-refractivity contribution in [2.45, 2.75) is 43.4 Å². The smallest absolute Gasteiger partial charge is 0.268 e. The third-order valence-electron chi connectivity index (χ3n) is 5.32. The summed E-state index contributed by atoms with van der Waals surface area (Å²) in [5.41, 5.74) is 0.302. The Bertz CT molecular complexity index is 982. The number of sulfonamides is 1. The lowest BCUT2D eigenvalue weighted by molar-refractivity contribution is -0.0440. The van der Waals surface area contributed by atoms with Crippen molar-refractivity contribution in [2.75, 3.05) is 38.7 Å². The second-order valence-corrected chi connectivity index (χ2v) is 12.3. The Morgan fingerprint density at radius 3 is 2.13 bits per heavy atom. The summed E-state index contributed by atoms with van der Waals surface area (Å²) in [4.78, 5) is 13.2. The van der Waals surface area contributed by atoms with Crippen molar-refractivity contribution in [3.05, 3.63) is 29.8 Å². The van der Waals surface area contributed by atoms with Crippen molar-refractivity contribution in [3.63, 3.8) is 0 Å². The molecule has 2 fully saturated rings. The van der Waals surface area contributed by atoms with E-state index in [1.807, 2.05) is 13.8 Å². The Morgan fingerprint density at radius 1 is 1.10 bits per heavy atom. The molecule has 3 atom stereocenters. The SMILES string of the molecule is CC1CN(S(=O)(=O)c2ccc(C(=O)N(C3CCS(=O)(=O)C3)N(C)C)cc2)CC(C)O1. The highest BCUT2D eigenvalue weighted by atomic mass is 32.2. The first kappa shape index (κ1) is 23.1. The van der Waals surface area contributed by atoms with E-state index in [-0.39, 0.29) is 47.6 Å². The third-order valence-corrected chi connectivity index (χ3v) is 8.91. The zero-order chi connectivity index (χ0) is 22.3. The van der Waals surface area contributed by atoms with Gasteiger partial charge in [-0.15, -0.1) is 0 Å². The molecule has 2 heterocycles. The molecule has 2 aliphatic heterocycles. The molecule has 1 amide bonds. The number of amides is 1. The Balaban J connectivity index is 1.81. The van der Waals surface area contributed by atoms with Gasteiger partial charge >= 0.3 is 0 Å². The largest absolute Gasteiger partial charge is 0.373 e. The summed E-state index contributed by atoms with van der Waals surface area (Å²) in [7, 11) is -3.49. The minimum Gasteiger partial charge on any atom is -0.373 e. The van der Waals surface area contributed by atoms with Crippen molar-refractivity contribution >= 4 is 25.8 Å². The molecule has 1 aromatic carbocycles. The summed E-state index contributed by atoms with van der Waals surface area (Å²) in [6, 6.07) is 5.36. The maximum atomic E-state index is 13.0. The lowest BCUT2D eigenvalue weighted by Crippen LogP contribution is -2.49. The van der Waals surface area contributed by atoms with Crippen molar-refractivity contribution in [1.82, 2.24) is 14.3 Å². The second-order valence-electron chi connectivity index (χ2n) is 8.16. The van der Waals surface area contributed by atoms with Crippen LogP contribution in [0.15, 0.2) is 29.2 Å². The van der Waals surface area contributed by atoms with Gasteiger partial charge in [0.1, 0.15) is 0 Å². The highest BCUT2D eigenvalue weighted by molar-refractivity contribution is 7.91. The van der Waals surface area contributed by atoms with E-state index in [0.29, 0.717) is 12.0 Å². The van der Waals surface area contributed by atoms with Crippen LogP contribution in [-0.2, 0) is 24.6 Å². The van der Waals surface area contributed by atoms with Gasteiger partial charge in [0.15, 0.2) is 9.84 Å². The molecule has 9 nitrogen and oxygen atoms in total. The van der Waals surface area contributed by atoms with Crippen molar-refractivity contribution in [2.24, 2.45) is 0 Å². The van der Waals surface area contributed by atoms with E-state index < -0.39 is 25.9 Å². The minimum atomic E-state index is -3.70. The quantitative estimate of drug-likeness (QED) is 0.594. The second kappa shape index (κ2) is 8.54. The Kier molecular flexibility index (Phi) is 6.59. The average molecular weight is 460 g/mol. The van der Waals surface area contributed by atoms with Crippen LogP contribution < -0.4 is 0 Å². The lowest BCUT2D eigenvalue weighted by Gasteiger charge is -2.34. The molecule has 0 aliphatic carbocycles. The van der Waals surface area contributed by atoms with Gasteiger partial charge in [0.2, 0.25) is 10.0 Å². The highest BCUT2D eigenvalue weighted by Gasteiger charge is 2.37. The number of sulfone groups is 1. The molecule has 30 heavy (non-hydrogen) atoms. The van der Waals surface area contributed by atoms with Crippen LogP contribution in [-0.4, -0.2) is 94.0 Å². The van der Waals surface area contributed by atoms with Crippen LogP contribution in [0.2, 0.25) is 0 Å². The zero-order valence-corrected chi connectivity index (χ0v) is 19.3. The number of hydrogen-bond acceptors (Lipinski definition) is 7. The number of carbonyl (C=O) groups excluding carboxylic acids is 1. The van der Waals surface area contributed by atoms with Gasteiger partial charge in [0, 0.05) is 32.7 Å². The number of nitrogens with zero attached hydrogens (tertiary/aromatic N) is 3. The number of benzene rings is 1. The van der Waals surface area contributed by atoms with E-state index in [9.17, 15) is 21.6 Å². The van der Waals surface area contributed by atoms with E-state index in [1.165, 1.54) is 33.6 Å². The van der Waals surface area contributed by atoms with Gasteiger partial charge in [0.25, 0.3) is 5.91 Å². The summed E-state index contributed by atoms with van der Waals surface area (Å²) in [5, 5.41) is 3.01. The summed E-state index contributed by atoms with van der Waals surface area (Å²) in [6.45, 7) is 4.22. The molecule has 0 radical (unpaired) electrons. The maximum Gasteiger partial charge on any atom is 0.268 e. The molecule has 0 bridgehead atoms. The van der Waals surface area contributed by atoms with Crippen molar-refractivity contribution < 1.29 is 26.4 Å². The number of hydrogen-bond donors (Lipinski definition) is 0. The van der Waals surface area contributed by atoms with E-state index in [0.717, 1.165) is 0 Å². The van der Waals surface area contributed by atoms with Gasteiger partial charge in [-0.2, -0.15) is 4.31 Å². The number of hydrazine groups is 1. The first-order valence-corrected chi connectivity index (χ1v) is 13.1. The normalized spacial score (nSPS) is 27.3. The van der Waals surface area contributed by atoms with Crippen LogP contribution in [0.4, 0.5) is 0 Å². The zero-order valence-electron chi connectivity index (χ0n) is 17.7. The fourth-order valence-corrected chi connectivity index (χ4v) is 7.30. The Labute approximate surface area is 178 Å². The molecule has 168 valence electrons. The van der Waals surface area contributed by atoms with Crippen LogP contribution in [0.5, 0.6) is 0 Å². The van der Waals surface area contributed by atoms with E-state index in [1.54, 1.807) is 19.1 Å². The van der Waals surface area contributed by atoms with E-state index in [4.69, 9.17) is 4.74 Å². The van der Waals surface area contributed by atoms with Gasteiger partial charge in [-0.1, -0.05) is 0 Å². The van der Waals surface area contributed by atoms with Crippen LogP contribution in [0, 0.1) is 0 Å². The van der Waals surface area contributed by atoms with Crippen molar-refractivity contribution in [1.29, 1.82) is 0 Å². The van der Waals surface area contributed by atoms with E-state index >= 15 is 0 Å². The van der Waals surface area contributed by atoms with Gasteiger partial charge in [-0.05, 0) is 44.5 Å². The van der Waals surface area contributed by atoms with Gasteiger partial charge in [0.05, 0.1) is 34.7 Å². The van der Waals surface area contributed by atoms with Gasteiger partial charge < -0.3 is 4.74 Å². The summed E-state index contributed by atoms with van der Waals surface area (Å²) >= 11 is 0. The molecule has 0 N–H and O–H groups in total. The molecule has 2 aliphatic rings. The Morgan fingerprint density at radius 2 is 1.67 bits per heavy atom. The summed E-state index contributed by atoms with van der Waals surface area (Å²) in [6.07, 6.45) is -0.00650. The molecular formula is C19H29N3O6S2. The fourth-order valence-electron chi connectivity index (χ4n) is 4.02. The molecule has 0 aromatic heterocycles. The third kappa shape index (κ3) is 4.86. The Hall–Kier alpha value is -1.53. The highest BCUT2D eigenvalue weighted by Crippen LogP contribution is 2.24. The predicted octanol–water partition coefficient (Wildman–Crippen LogP) is 0.590. The lowest BCUT2D eigenvalue weighted by atomic mass is 10.1. The van der Waals surface area contributed by atoms with E-state index in [2.05, 4.69) is 0 Å². The fraction of sp³-hybridized carbons (Fsp3) is 0.632.